The highest BCUT2D eigenvalue weighted by atomic mass is 35.5. The van der Waals surface area contributed by atoms with E-state index in [2.05, 4.69) is 16.5 Å². The van der Waals surface area contributed by atoms with Gasteiger partial charge in [0.05, 0.1) is 38.4 Å². The van der Waals surface area contributed by atoms with Gasteiger partial charge in [-0.2, -0.15) is 0 Å². The molecule has 43 heavy (non-hydrogen) atoms. The Bertz CT molecular complexity index is 1850. The van der Waals surface area contributed by atoms with Crippen molar-refractivity contribution >= 4 is 45.8 Å². The van der Waals surface area contributed by atoms with Crippen LogP contribution in [0, 0.1) is 6.92 Å². The molecule has 1 amide bonds. The molecule has 10 heteroatoms. The summed E-state index contributed by atoms with van der Waals surface area (Å²) in [6.45, 7) is 12.8. The highest BCUT2D eigenvalue weighted by molar-refractivity contribution is 6.37. The SMILES string of the molecule is C=CC(=O)N1CC2CCc3c(c4cc(Cl)c(-c5c(O)cccc5Cl)nc4n(-c4c(C)ccnc4C(C)C)c3=O)N2CC1C. The fourth-order valence-corrected chi connectivity index (χ4v) is 7.09. The molecule has 6 rings (SSSR count). The smallest absolute Gasteiger partial charge is 0.262 e. The number of anilines is 1. The summed E-state index contributed by atoms with van der Waals surface area (Å²) >= 11 is 13.5. The number of amides is 1. The molecule has 5 heterocycles. The number of halogens is 2. The van der Waals surface area contributed by atoms with Gasteiger partial charge in [0.15, 0.2) is 0 Å². The molecule has 3 aromatic heterocycles. The van der Waals surface area contributed by atoms with Crippen LogP contribution < -0.4 is 10.5 Å². The van der Waals surface area contributed by atoms with E-state index >= 15 is 0 Å². The largest absolute Gasteiger partial charge is 0.507 e. The average molecular weight is 619 g/mol. The van der Waals surface area contributed by atoms with Crippen molar-refractivity contribution in [2.45, 2.75) is 58.5 Å². The van der Waals surface area contributed by atoms with Gasteiger partial charge in [-0.05, 0) is 68.5 Å². The van der Waals surface area contributed by atoms with Gasteiger partial charge in [0.1, 0.15) is 11.4 Å². The van der Waals surface area contributed by atoms with E-state index in [0.29, 0.717) is 52.4 Å². The van der Waals surface area contributed by atoms with Crippen molar-refractivity contribution in [1.29, 1.82) is 0 Å². The number of rotatable bonds is 4. The second kappa shape index (κ2) is 11.0. The standard InChI is InChI=1S/C33H33Cl2N5O3/c1-6-26(42)38-16-20-10-11-21-31(39(20)15-19(38)5)22-14-24(35)29(27-23(34)8-7-9-25(27)41)37-32(22)40(33(21)43)30-18(4)12-13-36-28(30)17(2)3/h6-9,12-14,17,19-20,41H,1,10-11,15-16H2,2-5H3. The van der Waals surface area contributed by atoms with E-state index in [1.54, 1.807) is 22.9 Å². The monoisotopic (exact) mass is 617 g/mol. The van der Waals surface area contributed by atoms with Gasteiger partial charge in [-0.25, -0.2) is 4.98 Å². The Hall–Kier alpha value is -3.88. The van der Waals surface area contributed by atoms with Crippen LogP contribution in [0.1, 0.15) is 49.9 Å². The summed E-state index contributed by atoms with van der Waals surface area (Å²) in [4.78, 5) is 41.1. The first-order chi connectivity index (χ1) is 20.5. The molecule has 1 N–H and O–H groups in total. The number of hydrogen-bond donors (Lipinski definition) is 1. The maximum Gasteiger partial charge on any atom is 0.262 e. The maximum atomic E-state index is 14.7. The summed E-state index contributed by atoms with van der Waals surface area (Å²) in [5.41, 5.74) is 4.64. The lowest BCUT2D eigenvalue weighted by atomic mass is 9.91. The third-order valence-corrected chi connectivity index (χ3v) is 9.24. The molecule has 0 saturated carbocycles. The van der Waals surface area contributed by atoms with Crippen LogP contribution in [0.3, 0.4) is 0 Å². The van der Waals surface area contributed by atoms with Crippen LogP contribution in [0.4, 0.5) is 5.69 Å². The Balaban J connectivity index is 1.70. The highest BCUT2D eigenvalue weighted by Crippen LogP contribution is 2.44. The van der Waals surface area contributed by atoms with Gasteiger partial charge in [-0.3, -0.25) is 19.1 Å². The summed E-state index contributed by atoms with van der Waals surface area (Å²) in [6.07, 6.45) is 4.37. The Labute approximate surface area is 260 Å². The first-order valence-corrected chi connectivity index (χ1v) is 15.2. The number of aromatic nitrogens is 3. The molecule has 222 valence electrons. The van der Waals surface area contributed by atoms with Crippen molar-refractivity contribution in [3.05, 3.63) is 86.4 Å². The molecule has 0 aliphatic carbocycles. The Morgan fingerprint density at radius 2 is 1.93 bits per heavy atom. The minimum Gasteiger partial charge on any atom is -0.507 e. The van der Waals surface area contributed by atoms with Gasteiger partial charge in [-0.15, -0.1) is 0 Å². The van der Waals surface area contributed by atoms with Crippen molar-refractivity contribution in [3.63, 3.8) is 0 Å². The summed E-state index contributed by atoms with van der Waals surface area (Å²) in [5, 5.41) is 12.1. The van der Waals surface area contributed by atoms with Crippen molar-refractivity contribution in [2.75, 3.05) is 18.0 Å². The van der Waals surface area contributed by atoms with E-state index in [-0.39, 0.29) is 45.9 Å². The number of carbonyl (C=O) groups excluding carboxylic acids is 1. The zero-order chi connectivity index (χ0) is 30.7. The molecule has 1 aromatic carbocycles. The van der Waals surface area contributed by atoms with Gasteiger partial charge < -0.3 is 14.9 Å². The lowest BCUT2D eigenvalue weighted by Gasteiger charge is -2.49. The van der Waals surface area contributed by atoms with E-state index < -0.39 is 0 Å². The fraction of sp³-hybridized carbons (Fsp3) is 0.333. The number of pyridine rings is 3. The molecule has 0 radical (unpaired) electrons. The average Bonchev–Trinajstić information content (AvgIpc) is 2.97. The lowest BCUT2D eigenvalue weighted by Crippen LogP contribution is -2.60. The number of aromatic hydroxyl groups is 1. The molecule has 8 nitrogen and oxygen atoms in total. The molecular weight excluding hydrogens is 585 g/mol. The number of phenolic OH excluding ortho intramolecular Hbond substituents is 1. The first kappa shape index (κ1) is 29.2. The van der Waals surface area contributed by atoms with Crippen molar-refractivity contribution in [3.8, 4) is 22.7 Å². The number of phenols is 1. The molecule has 0 spiro atoms. The van der Waals surface area contributed by atoms with E-state index in [4.69, 9.17) is 28.2 Å². The van der Waals surface area contributed by atoms with E-state index in [0.717, 1.165) is 23.4 Å². The summed E-state index contributed by atoms with van der Waals surface area (Å²) in [5.74, 6) is -0.126. The van der Waals surface area contributed by atoms with Crippen molar-refractivity contribution in [1.82, 2.24) is 19.4 Å². The minimum atomic E-state index is -0.166. The molecule has 2 aliphatic heterocycles. The summed E-state index contributed by atoms with van der Waals surface area (Å²) in [6, 6.07) is 8.48. The Morgan fingerprint density at radius 3 is 2.63 bits per heavy atom. The summed E-state index contributed by atoms with van der Waals surface area (Å²) in [7, 11) is 0. The molecular formula is C33H33Cl2N5O3. The third kappa shape index (κ3) is 4.68. The second-order valence-corrected chi connectivity index (χ2v) is 12.5. The Kier molecular flexibility index (Phi) is 7.47. The molecule has 4 aromatic rings. The van der Waals surface area contributed by atoms with Crippen LogP contribution in [0.5, 0.6) is 5.75 Å². The quantitative estimate of drug-likeness (QED) is 0.265. The van der Waals surface area contributed by atoms with Crippen LogP contribution in [-0.2, 0) is 11.2 Å². The molecule has 2 atom stereocenters. The Morgan fingerprint density at radius 1 is 1.16 bits per heavy atom. The highest BCUT2D eigenvalue weighted by Gasteiger charge is 2.39. The van der Waals surface area contributed by atoms with E-state index in [1.807, 2.05) is 44.7 Å². The van der Waals surface area contributed by atoms with E-state index in [1.165, 1.54) is 12.1 Å². The number of benzene rings is 1. The maximum absolute atomic E-state index is 14.7. The number of nitrogens with zero attached hydrogens (tertiary/aromatic N) is 5. The molecule has 2 unspecified atom stereocenters. The van der Waals surface area contributed by atoms with Crippen LogP contribution in [-0.4, -0.2) is 55.6 Å². The summed E-state index contributed by atoms with van der Waals surface area (Å²) < 4.78 is 1.67. The topological polar surface area (TPSA) is 91.6 Å². The van der Waals surface area contributed by atoms with Gasteiger partial charge in [-0.1, -0.05) is 49.7 Å². The number of aryl methyl sites for hydroxylation is 1. The zero-order valence-corrected chi connectivity index (χ0v) is 26.1. The van der Waals surface area contributed by atoms with Crippen LogP contribution in [0.15, 0.2) is 54.0 Å². The zero-order valence-electron chi connectivity index (χ0n) is 24.6. The predicted octanol–water partition coefficient (Wildman–Crippen LogP) is 6.43. The molecule has 1 fully saturated rings. The number of piperazine rings is 1. The lowest BCUT2D eigenvalue weighted by molar-refractivity contribution is -0.129. The number of hydrogen-bond acceptors (Lipinski definition) is 6. The fourth-order valence-electron chi connectivity index (χ4n) is 6.58. The normalized spacial score (nSPS) is 18.1. The van der Waals surface area contributed by atoms with Crippen LogP contribution >= 0.6 is 23.2 Å². The third-order valence-electron chi connectivity index (χ3n) is 8.64. The first-order valence-electron chi connectivity index (χ1n) is 14.4. The van der Waals surface area contributed by atoms with Crippen molar-refractivity contribution < 1.29 is 9.90 Å². The van der Waals surface area contributed by atoms with Crippen molar-refractivity contribution in [2.24, 2.45) is 0 Å². The van der Waals surface area contributed by atoms with Gasteiger partial charge in [0, 0.05) is 42.3 Å². The molecule has 2 aliphatic rings. The predicted molar refractivity (Wildman–Crippen MR) is 172 cm³/mol. The van der Waals surface area contributed by atoms with Crippen LogP contribution in [0.25, 0.3) is 28.0 Å². The molecule has 0 bridgehead atoms. The van der Waals surface area contributed by atoms with Gasteiger partial charge in [0.25, 0.3) is 5.56 Å². The van der Waals surface area contributed by atoms with Crippen LogP contribution in [0.2, 0.25) is 10.0 Å². The number of fused-ring (bicyclic) bond motifs is 5. The van der Waals surface area contributed by atoms with E-state index in [9.17, 15) is 14.7 Å². The van der Waals surface area contributed by atoms with Gasteiger partial charge in [0.2, 0.25) is 5.91 Å². The second-order valence-electron chi connectivity index (χ2n) is 11.7. The van der Waals surface area contributed by atoms with Gasteiger partial charge >= 0.3 is 0 Å². The number of carbonyl (C=O) groups is 1. The molecule has 1 saturated heterocycles. The minimum absolute atomic E-state index is 0.0171.